The average Bonchev–Trinajstić information content (AvgIpc) is 3.87. The lowest BCUT2D eigenvalue weighted by Gasteiger charge is -2.15. The number of aromatic amines is 1. The van der Waals surface area contributed by atoms with Gasteiger partial charge in [-0.25, -0.2) is 13.2 Å². The molecule has 23 nitrogen and oxygen atoms in total. The summed E-state index contributed by atoms with van der Waals surface area (Å²) in [4.78, 5) is 105. The highest BCUT2D eigenvalue weighted by atomic mass is 32.2. The number of unbranched alkanes of at least 4 members (excludes halogenated alkanes) is 14. The predicted molar refractivity (Wildman–Crippen MR) is 278 cm³/mol. The van der Waals surface area contributed by atoms with Crippen LogP contribution in [-0.4, -0.2) is 142 Å². The summed E-state index contributed by atoms with van der Waals surface area (Å²) >= 11 is 0. The fourth-order valence-electron chi connectivity index (χ4n) is 7.77. The van der Waals surface area contributed by atoms with Crippen molar-refractivity contribution < 1.29 is 76.4 Å². The van der Waals surface area contributed by atoms with Crippen molar-refractivity contribution in [2.24, 2.45) is 11.8 Å². The number of hydrogen-bond donors (Lipinski definition) is 7. The number of Topliss-reactive ketones (excluding diaryl/α,β-unsaturated/α-hetero) is 3. The highest BCUT2D eigenvalue weighted by molar-refractivity contribution is 7.90. The van der Waals surface area contributed by atoms with Crippen LogP contribution >= 0.6 is 0 Å². The minimum absolute atomic E-state index is 0.0717. The van der Waals surface area contributed by atoms with Crippen LogP contribution in [0.4, 0.5) is 0 Å². The molecule has 0 aliphatic carbocycles. The number of nitrogens with zero attached hydrogens (tertiary/aromatic N) is 3. The molecular weight excluding hydrogens is 999 g/mol. The normalized spacial score (nSPS) is 12.4. The lowest BCUT2D eigenvalue weighted by atomic mass is 9.94. The third-order valence-electron chi connectivity index (χ3n) is 12.1. The summed E-state index contributed by atoms with van der Waals surface area (Å²) < 4.78 is 37.2. The summed E-state index contributed by atoms with van der Waals surface area (Å²) in [6, 6.07) is -1.46. The molecule has 0 bridgehead atoms. The van der Waals surface area contributed by atoms with Crippen LogP contribution in [0, 0.1) is 11.8 Å². The molecule has 0 saturated carbocycles. The first-order valence-electron chi connectivity index (χ1n) is 27.0. The molecular formula is C51H89N7O16S. The molecule has 0 aliphatic rings. The van der Waals surface area contributed by atoms with Crippen molar-refractivity contribution in [1.29, 1.82) is 0 Å². The van der Waals surface area contributed by atoms with E-state index in [1.807, 2.05) is 18.6 Å². The molecule has 1 aromatic rings. The van der Waals surface area contributed by atoms with Crippen LogP contribution in [0.1, 0.15) is 206 Å². The maximum atomic E-state index is 12.5. The van der Waals surface area contributed by atoms with Crippen LogP contribution in [0.2, 0.25) is 0 Å². The summed E-state index contributed by atoms with van der Waals surface area (Å²) in [6.45, 7) is 6.98. The molecule has 3 atom stereocenters. The van der Waals surface area contributed by atoms with E-state index in [0.717, 1.165) is 63.6 Å². The van der Waals surface area contributed by atoms with E-state index in [0.29, 0.717) is 45.5 Å². The number of carbonyl (C=O) groups excluding carboxylic acids is 6. The predicted octanol–water partition coefficient (Wildman–Crippen LogP) is 5.98. The Balaban J connectivity index is 0.00000273. The van der Waals surface area contributed by atoms with Gasteiger partial charge in [0.1, 0.15) is 23.4 Å². The maximum Gasteiger partial charge on any atom is 0.326 e. The second kappa shape index (κ2) is 45.0. The lowest BCUT2D eigenvalue weighted by Crippen LogP contribution is -2.41. The number of ether oxygens (including phenoxy) is 2. The number of amides is 3. The van der Waals surface area contributed by atoms with E-state index in [1.165, 1.54) is 51.9 Å². The Labute approximate surface area is 443 Å². The van der Waals surface area contributed by atoms with Crippen molar-refractivity contribution in [3.05, 3.63) is 5.82 Å². The molecule has 0 aliphatic heterocycles. The van der Waals surface area contributed by atoms with E-state index in [2.05, 4.69) is 31.3 Å². The Morgan fingerprint density at radius 1 is 0.573 bits per heavy atom. The molecule has 1 aromatic heterocycles. The van der Waals surface area contributed by atoms with E-state index in [9.17, 15) is 61.8 Å². The van der Waals surface area contributed by atoms with Crippen molar-refractivity contribution >= 4 is 63.0 Å². The summed E-state index contributed by atoms with van der Waals surface area (Å²) in [6.07, 6.45) is 17.5. The molecule has 3 unspecified atom stereocenters. The van der Waals surface area contributed by atoms with Gasteiger partial charge in [0, 0.05) is 70.9 Å². The molecule has 0 radical (unpaired) electrons. The van der Waals surface area contributed by atoms with Gasteiger partial charge in [-0.3, -0.25) is 38.3 Å². The summed E-state index contributed by atoms with van der Waals surface area (Å²) in [5, 5.41) is 46.8. The molecule has 1 heterocycles. The molecule has 0 fully saturated rings. The number of carboxylic acids is 3. The minimum atomic E-state index is -3.99. The van der Waals surface area contributed by atoms with E-state index in [4.69, 9.17) is 14.6 Å². The molecule has 7 N–H and O–H groups in total. The van der Waals surface area contributed by atoms with Crippen LogP contribution in [0.15, 0.2) is 0 Å². The van der Waals surface area contributed by atoms with Gasteiger partial charge in [0.15, 0.2) is 5.82 Å². The first-order chi connectivity index (χ1) is 35.8. The third kappa shape index (κ3) is 42.7. The van der Waals surface area contributed by atoms with Crippen molar-refractivity contribution in [2.45, 2.75) is 213 Å². The number of carboxylic acid groups (broad SMARTS) is 3. The molecule has 24 heteroatoms. The van der Waals surface area contributed by atoms with Crippen LogP contribution in [-0.2, 0) is 69.1 Å². The minimum Gasteiger partial charge on any atom is -0.481 e. The van der Waals surface area contributed by atoms with Crippen molar-refractivity contribution in [3.8, 4) is 0 Å². The van der Waals surface area contributed by atoms with Crippen LogP contribution < -0.4 is 15.4 Å². The second-order valence-corrected chi connectivity index (χ2v) is 20.6. The third-order valence-corrected chi connectivity index (χ3v) is 13.5. The summed E-state index contributed by atoms with van der Waals surface area (Å²) in [5.41, 5.74) is 0. The number of aliphatic carboxylic acids is 3. The van der Waals surface area contributed by atoms with Gasteiger partial charge in [-0.2, -0.15) is 5.21 Å². The smallest absolute Gasteiger partial charge is 0.326 e. The number of rotatable bonds is 49. The zero-order valence-corrected chi connectivity index (χ0v) is 45.7. The standard InChI is InChI=1S/C38H67N7O12S.C13H22O4/c1-2-56-26-27-57-25-24-39-34(47)23-20-30(37(50)51)29-31(46)21-22-32(38(52)53)40-35(48)19-16-28-58(54,55)43-36(49)18-15-13-11-9-7-5-3-4-6-8-10-12-14-17-33-41-44-45-42-33;1-3-12(15)8-6-4-5-7-11(13(16)17)9-10(2)14/h30,32H,2-29H2,1H3,(H,39,47)(H,40,48)(H,43,49)(H,50,51)(H,52,53)(H,41,42,44,45);11H,3-9H2,1-2H3,(H,16,17). The van der Waals surface area contributed by atoms with E-state index < -0.39 is 81.5 Å². The fraction of sp³-hybridized carbons (Fsp3) is 0.804. The summed E-state index contributed by atoms with van der Waals surface area (Å²) in [5.74, 6) is -7.18. The first kappa shape index (κ1) is 69.8. The molecule has 430 valence electrons. The number of carbonyl (C=O) groups is 9. The van der Waals surface area contributed by atoms with Gasteiger partial charge in [0.2, 0.25) is 27.7 Å². The Kier molecular flexibility index (Phi) is 41.9. The van der Waals surface area contributed by atoms with E-state index in [-0.39, 0.29) is 76.1 Å². The van der Waals surface area contributed by atoms with E-state index >= 15 is 0 Å². The number of aromatic nitrogens is 4. The molecule has 1 rings (SSSR count). The number of H-pyrrole nitrogens is 1. The number of sulfonamides is 1. The number of tetrazole rings is 1. The van der Waals surface area contributed by atoms with Gasteiger partial charge in [-0.15, -0.1) is 10.2 Å². The highest BCUT2D eigenvalue weighted by Crippen LogP contribution is 2.18. The number of aryl methyl sites for hydroxylation is 1. The monoisotopic (exact) mass is 1090 g/mol. The largest absolute Gasteiger partial charge is 0.481 e. The number of nitrogens with one attached hydrogen (secondary N) is 4. The van der Waals surface area contributed by atoms with Gasteiger partial charge < -0.3 is 40.2 Å². The van der Waals surface area contributed by atoms with Gasteiger partial charge >= 0.3 is 17.9 Å². The van der Waals surface area contributed by atoms with Crippen LogP contribution in [0.3, 0.4) is 0 Å². The highest BCUT2D eigenvalue weighted by Gasteiger charge is 2.26. The van der Waals surface area contributed by atoms with Crippen LogP contribution in [0.5, 0.6) is 0 Å². The topological polar surface area (TPSA) is 357 Å². The quantitative estimate of drug-likeness (QED) is 0.0369. The Bertz CT molecular complexity index is 1900. The molecule has 0 spiro atoms. The molecule has 3 amide bonds. The van der Waals surface area contributed by atoms with Crippen molar-refractivity contribution in [2.75, 3.05) is 38.7 Å². The lowest BCUT2D eigenvalue weighted by molar-refractivity contribution is -0.145. The molecule has 75 heavy (non-hydrogen) atoms. The van der Waals surface area contributed by atoms with Crippen molar-refractivity contribution in [1.82, 2.24) is 36.0 Å². The van der Waals surface area contributed by atoms with Crippen molar-refractivity contribution in [3.63, 3.8) is 0 Å². The van der Waals surface area contributed by atoms with E-state index in [1.54, 1.807) is 0 Å². The molecule has 0 saturated heterocycles. The van der Waals surface area contributed by atoms with Gasteiger partial charge in [0.25, 0.3) is 0 Å². The Hall–Kier alpha value is -5.23. The molecule has 0 aromatic carbocycles. The van der Waals surface area contributed by atoms with Gasteiger partial charge in [-0.05, 0) is 58.8 Å². The zero-order chi connectivity index (χ0) is 56.1. The maximum absolute atomic E-state index is 12.5. The van der Waals surface area contributed by atoms with Gasteiger partial charge in [0.05, 0.1) is 37.4 Å². The number of ketones is 3. The zero-order valence-electron chi connectivity index (χ0n) is 44.9. The van der Waals surface area contributed by atoms with Gasteiger partial charge in [-0.1, -0.05) is 95.6 Å². The number of hydrogen-bond acceptors (Lipinski definition) is 16. The Morgan fingerprint density at radius 3 is 1.69 bits per heavy atom. The fourth-order valence-corrected chi connectivity index (χ4v) is 8.84. The Morgan fingerprint density at radius 2 is 1.13 bits per heavy atom. The second-order valence-electron chi connectivity index (χ2n) is 18.8. The summed E-state index contributed by atoms with van der Waals surface area (Å²) in [7, 11) is -3.99. The average molecular weight is 1090 g/mol. The SMILES string of the molecule is CCC(=O)CCCCCC(CC(C)=O)C(=O)O.CCOCCOCCNC(=O)CCC(CC(=O)CCC(NC(=O)CCCS(=O)(=O)NC(=O)CCCCCCCCCCCCCCCc1nn[nH]n1)C(=O)O)C(=O)O. The first-order valence-corrected chi connectivity index (χ1v) is 28.6. The van der Waals surface area contributed by atoms with Crippen LogP contribution in [0.25, 0.3) is 0 Å².